The molecule has 0 aliphatic heterocycles. The van der Waals surface area contributed by atoms with Crippen molar-refractivity contribution in [1.82, 2.24) is 10.3 Å². The zero-order valence-electron chi connectivity index (χ0n) is 11.3. The van der Waals surface area contributed by atoms with Crippen LogP contribution in [0.2, 0.25) is 0 Å². The number of anilines is 1. The largest absolute Gasteiger partial charge is 0.334 e. The molecule has 0 radical (unpaired) electrons. The topological polar surface area (TPSA) is 54.0 Å². The summed E-state index contributed by atoms with van der Waals surface area (Å²) in [5.41, 5.74) is 3.24. The molecule has 2 N–H and O–H groups in total. The van der Waals surface area contributed by atoms with E-state index in [1.165, 1.54) is 16.9 Å². The lowest BCUT2D eigenvalue weighted by molar-refractivity contribution is 0.251. The molecule has 100 valence electrons. The molecular weight excluding hydrogens is 258 g/mol. The van der Waals surface area contributed by atoms with Crippen molar-refractivity contribution in [2.45, 2.75) is 27.3 Å². The average Bonchev–Trinajstić information content (AvgIpc) is 2.67. The Morgan fingerprint density at radius 1 is 1.21 bits per heavy atom. The Morgan fingerprint density at radius 2 is 1.89 bits per heavy atom. The van der Waals surface area contributed by atoms with Crippen molar-refractivity contribution in [3.8, 4) is 0 Å². The molecule has 0 spiro atoms. The molecule has 4 nitrogen and oxygen atoms in total. The highest BCUT2D eigenvalue weighted by Crippen LogP contribution is 2.20. The van der Waals surface area contributed by atoms with Crippen LogP contribution in [0.4, 0.5) is 9.93 Å². The minimum absolute atomic E-state index is 0.227. The molecule has 0 saturated carbocycles. The zero-order chi connectivity index (χ0) is 13.8. The third-order valence-corrected chi connectivity index (χ3v) is 3.81. The lowest BCUT2D eigenvalue weighted by atomic mass is 10.1. The quantitative estimate of drug-likeness (QED) is 0.902. The summed E-state index contributed by atoms with van der Waals surface area (Å²) in [4.78, 5) is 17.1. The molecule has 1 aromatic heterocycles. The van der Waals surface area contributed by atoms with Crippen LogP contribution in [0.5, 0.6) is 0 Å². The van der Waals surface area contributed by atoms with Crippen molar-refractivity contribution in [3.63, 3.8) is 0 Å². The van der Waals surface area contributed by atoms with E-state index in [2.05, 4.69) is 15.6 Å². The minimum atomic E-state index is -0.227. The van der Waals surface area contributed by atoms with Gasteiger partial charge in [0.15, 0.2) is 5.13 Å². The summed E-state index contributed by atoms with van der Waals surface area (Å²) in [7, 11) is 0. The number of thiazole rings is 1. The van der Waals surface area contributed by atoms with E-state index in [0.717, 1.165) is 16.1 Å². The van der Waals surface area contributed by atoms with Crippen LogP contribution in [0.25, 0.3) is 0 Å². The Balaban J connectivity index is 1.86. The summed E-state index contributed by atoms with van der Waals surface area (Å²) in [6, 6.07) is 7.85. The number of carbonyl (C=O) groups excluding carboxylic acids is 1. The summed E-state index contributed by atoms with van der Waals surface area (Å²) in [6.45, 7) is 6.47. The summed E-state index contributed by atoms with van der Waals surface area (Å²) < 4.78 is 0. The maximum absolute atomic E-state index is 11.7. The van der Waals surface area contributed by atoms with Crippen LogP contribution in [0.3, 0.4) is 0 Å². The number of urea groups is 1. The Bertz CT molecular complexity index is 555. The predicted molar refractivity (Wildman–Crippen MR) is 78.6 cm³/mol. The maximum Gasteiger partial charge on any atom is 0.321 e. The molecule has 0 fully saturated rings. The summed E-state index contributed by atoms with van der Waals surface area (Å²) in [5.74, 6) is 0. The number of rotatable bonds is 3. The highest BCUT2D eigenvalue weighted by molar-refractivity contribution is 7.15. The summed E-state index contributed by atoms with van der Waals surface area (Å²) in [5, 5.41) is 6.19. The van der Waals surface area contributed by atoms with Gasteiger partial charge >= 0.3 is 6.03 Å². The average molecular weight is 275 g/mol. The van der Waals surface area contributed by atoms with Gasteiger partial charge < -0.3 is 5.32 Å². The molecule has 2 rings (SSSR count). The first-order chi connectivity index (χ1) is 9.04. The number of hydrogen-bond donors (Lipinski definition) is 2. The van der Waals surface area contributed by atoms with Crippen molar-refractivity contribution in [2.24, 2.45) is 0 Å². The second-order valence-electron chi connectivity index (χ2n) is 4.45. The van der Waals surface area contributed by atoms with Gasteiger partial charge in [-0.3, -0.25) is 5.32 Å². The zero-order valence-corrected chi connectivity index (χ0v) is 12.1. The van der Waals surface area contributed by atoms with Gasteiger partial charge in [-0.15, -0.1) is 11.3 Å². The van der Waals surface area contributed by atoms with E-state index in [0.29, 0.717) is 11.7 Å². The SMILES string of the molecule is Cc1ccc(CNC(=O)Nc2nc(C)c(C)s2)cc1. The standard InChI is InChI=1S/C14H17N3OS/c1-9-4-6-12(7-5-9)8-15-13(18)17-14-16-10(2)11(3)19-14/h4-7H,8H2,1-3H3,(H2,15,16,17,18). The van der Waals surface area contributed by atoms with E-state index < -0.39 is 0 Å². The van der Waals surface area contributed by atoms with Crippen LogP contribution in [0.1, 0.15) is 21.7 Å². The van der Waals surface area contributed by atoms with E-state index >= 15 is 0 Å². The van der Waals surface area contributed by atoms with Crippen LogP contribution < -0.4 is 10.6 Å². The van der Waals surface area contributed by atoms with Gasteiger partial charge in [-0.1, -0.05) is 29.8 Å². The van der Waals surface area contributed by atoms with Gasteiger partial charge in [0.25, 0.3) is 0 Å². The maximum atomic E-state index is 11.7. The molecule has 2 aromatic rings. The fraction of sp³-hybridized carbons (Fsp3) is 0.286. The van der Waals surface area contributed by atoms with E-state index in [4.69, 9.17) is 0 Å². The third kappa shape index (κ3) is 3.79. The van der Waals surface area contributed by atoms with Gasteiger partial charge in [0.2, 0.25) is 0 Å². The molecular formula is C14H17N3OS. The first-order valence-electron chi connectivity index (χ1n) is 6.09. The molecule has 0 aliphatic carbocycles. The van der Waals surface area contributed by atoms with Crippen molar-refractivity contribution >= 4 is 22.5 Å². The molecule has 5 heteroatoms. The Morgan fingerprint density at radius 3 is 2.47 bits per heavy atom. The number of aromatic nitrogens is 1. The number of benzene rings is 1. The van der Waals surface area contributed by atoms with Crippen LogP contribution in [-0.2, 0) is 6.54 Å². The molecule has 2 amide bonds. The number of aryl methyl sites for hydroxylation is 3. The van der Waals surface area contributed by atoms with Crippen molar-refractivity contribution in [3.05, 3.63) is 46.0 Å². The summed E-state index contributed by atoms with van der Waals surface area (Å²) in [6.07, 6.45) is 0. The van der Waals surface area contributed by atoms with Crippen LogP contribution in [0, 0.1) is 20.8 Å². The number of nitrogens with one attached hydrogen (secondary N) is 2. The van der Waals surface area contributed by atoms with Crippen LogP contribution in [-0.4, -0.2) is 11.0 Å². The Kier molecular flexibility index (Phi) is 4.16. The molecule has 0 bridgehead atoms. The van der Waals surface area contributed by atoms with Crippen LogP contribution >= 0.6 is 11.3 Å². The molecule has 1 aromatic carbocycles. The first-order valence-corrected chi connectivity index (χ1v) is 6.90. The molecule has 0 unspecified atom stereocenters. The number of amides is 2. The lowest BCUT2D eigenvalue weighted by Crippen LogP contribution is -2.28. The van der Waals surface area contributed by atoms with Gasteiger partial charge in [0, 0.05) is 11.4 Å². The first kappa shape index (κ1) is 13.5. The number of hydrogen-bond acceptors (Lipinski definition) is 3. The van der Waals surface area contributed by atoms with Crippen LogP contribution in [0.15, 0.2) is 24.3 Å². The van der Waals surface area contributed by atoms with Crippen molar-refractivity contribution < 1.29 is 4.79 Å². The highest BCUT2D eigenvalue weighted by atomic mass is 32.1. The van der Waals surface area contributed by atoms with Gasteiger partial charge in [-0.05, 0) is 26.3 Å². The highest BCUT2D eigenvalue weighted by Gasteiger charge is 2.07. The lowest BCUT2D eigenvalue weighted by Gasteiger charge is -2.05. The predicted octanol–water partition coefficient (Wildman–Crippen LogP) is 3.39. The molecule has 19 heavy (non-hydrogen) atoms. The second-order valence-corrected chi connectivity index (χ2v) is 5.66. The fourth-order valence-corrected chi connectivity index (χ4v) is 2.37. The number of nitrogens with zero attached hydrogens (tertiary/aromatic N) is 1. The van der Waals surface area contributed by atoms with Gasteiger partial charge in [0.05, 0.1) is 5.69 Å². The van der Waals surface area contributed by atoms with E-state index in [9.17, 15) is 4.79 Å². The summed E-state index contributed by atoms with van der Waals surface area (Å²) >= 11 is 1.48. The smallest absolute Gasteiger partial charge is 0.321 e. The Hall–Kier alpha value is -1.88. The molecule has 0 saturated heterocycles. The Labute approximate surface area is 116 Å². The van der Waals surface area contributed by atoms with Crippen molar-refractivity contribution in [2.75, 3.05) is 5.32 Å². The van der Waals surface area contributed by atoms with Gasteiger partial charge in [-0.25, -0.2) is 9.78 Å². The monoisotopic (exact) mass is 275 g/mol. The second kappa shape index (κ2) is 5.84. The molecule has 0 atom stereocenters. The third-order valence-electron chi connectivity index (χ3n) is 2.82. The van der Waals surface area contributed by atoms with E-state index in [1.54, 1.807) is 0 Å². The number of carbonyl (C=O) groups is 1. The normalized spacial score (nSPS) is 10.3. The van der Waals surface area contributed by atoms with Crippen molar-refractivity contribution in [1.29, 1.82) is 0 Å². The molecule has 0 aliphatic rings. The van der Waals surface area contributed by atoms with Gasteiger partial charge in [0.1, 0.15) is 0 Å². The molecule has 1 heterocycles. The minimum Gasteiger partial charge on any atom is -0.334 e. The van der Waals surface area contributed by atoms with E-state index in [1.807, 2.05) is 45.0 Å². The fourth-order valence-electron chi connectivity index (χ4n) is 1.56. The van der Waals surface area contributed by atoms with Gasteiger partial charge in [-0.2, -0.15) is 0 Å². The van der Waals surface area contributed by atoms with E-state index in [-0.39, 0.29) is 6.03 Å².